The third-order valence-corrected chi connectivity index (χ3v) is 4.95. The lowest BCUT2D eigenvalue weighted by Gasteiger charge is -2.21. The van der Waals surface area contributed by atoms with Crippen molar-refractivity contribution < 1.29 is 5.11 Å². The van der Waals surface area contributed by atoms with Crippen molar-refractivity contribution in [2.75, 3.05) is 6.61 Å². The zero-order valence-electron chi connectivity index (χ0n) is 10.1. The van der Waals surface area contributed by atoms with Gasteiger partial charge in [0.05, 0.1) is 10.4 Å². The Hall–Kier alpha value is -0.390. The largest absolute Gasteiger partial charge is 0.396 e. The first-order valence-electron chi connectivity index (χ1n) is 5.86. The van der Waals surface area contributed by atoms with Gasteiger partial charge in [-0.25, -0.2) is 0 Å². The first kappa shape index (κ1) is 14.0. The van der Waals surface area contributed by atoms with Gasteiger partial charge in [-0.15, -0.1) is 22.7 Å². The lowest BCUT2D eigenvalue weighted by molar-refractivity contribution is 0.266. The van der Waals surface area contributed by atoms with Crippen LogP contribution >= 0.6 is 34.3 Å². The second-order valence-electron chi connectivity index (χ2n) is 4.17. The van der Waals surface area contributed by atoms with Crippen molar-refractivity contribution >= 4 is 34.3 Å². The van der Waals surface area contributed by atoms with E-state index in [2.05, 4.69) is 35.8 Å². The number of rotatable bonds is 6. The van der Waals surface area contributed by atoms with Crippen LogP contribution in [0.1, 0.15) is 29.1 Å². The number of thiophene rings is 2. The molecule has 0 saturated heterocycles. The molecule has 2 aromatic heterocycles. The number of aliphatic hydroxyl groups is 1. The van der Waals surface area contributed by atoms with Gasteiger partial charge >= 0.3 is 0 Å². The molecule has 0 saturated carbocycles. The van der Waals surface area contributed by atoms with Gasteiger partial charge in [0.2, 0.25) is 0 Å². The molecule has 2 N–H and O–H groups in total. The summed E-state index contributed by atoms with van der Waals surface area (Å²) in [6, 6.07) is 8.62. The van der Waals surface area contributed by atoms with Crippen LogP contribution in [-0.2, 0) is 0 Å². The van der Waals surface area contributed by atoms with E-state index in [9.17, 15) is 0 Å². The summed E-state index contributed by atoms with van der Waals surface area (Å²) in [5, 5.41) is 14.6. The molecular formula is C13H16ClNOS2. The second kappa shape index (κ2) is 6.68. The first-order valence-corrected chi connectivity index (χ1v) is 7.93. The summed E-state index contributed by atoms with van der Waals surface area (Å²) in [7, 11) is 0. The van der Waals surface area contributed by atoms with Gasteiger partial charge in [0, 0.05) is 22.4 Å². The van der Waals surface area contributed by atoms with Gasteiger partial charge in [-0.05, 0) is 36.9 Å². The van der Waals surface area contributed by atoms with Gasteiger partial charge in [-0.2, -0.15) is 0 Å². The van der Waals surface area contributed by atoms with Crippen LogP contribution in [0.15, 0.2) is 29.6 Å². The number of aliphatic hydroxyl groups excluding tert-OH is 1. The van der Waals surface area contributed by atoms with E-state index in [0.29, 0.717) is 0 Å². The highest BCUT2D eigenvalue weighted by Gasteiger charge is 2.19. The smallest absolute Gasteiger partial charge is 0.0931 e. The van der Waals surface area contributed by atoms with E-state index in [1.165, 1.54) is 9.75 Å². The normalized spacial score (nSPS) is 14.6. The molecule has 2 heterocycles. The van der Waals surface area contributed by atoms with Crippen LogP contribution in [0.3, 0.4) is 0 Å². The third kappa shape index (κ3) is 3.56. The highest BCUT2D eigenvalue weighted by atomic mass is 35.5. The standard InChI is InChI=1S/C13H16ClNOS2/c1-9(6-7-16)15-13(10-3-2-8-17-10)11-4-5-12(14)18-11/h2-5,8-9,13,15-16H,6-7H2,1H3. The highest BCUT2D eigenvalue weighted by Crippen LogP contribution is 2.33. The molecule has 2 rings (SSSR count). The van der Waals surface area contributed by atoms with E-state index in [-0.39, 0.29) is 18.7 Å². The average molecular weight is 302 g/mol. The monoisotopic (exact) mass is 301 g/mol. The van der Waals surface area contributed by atoms with Crippen LogP contribution < -0.4 is 5.32 Å². The summed E-state index contributed by atoms with van der Waals surface area (Å²) in [6.07, 6.45) is 0.751. The van der Waals surface area contributed by atoms with Crippen molar-refractivity contribution in [3.05, 3.63) is 43.7 Å². The van der Waals surface area contributed by atoms with E-state index in [1.54, 1.807) is 22.7 Å². The summed E-state index contributed by atoms with van der Waals surface area (Å²) in [5.74, 6) is 0. The average Bonchev–Trinajstić information content (AvgIpc) is 2.97. The van der Waals surface area contributed by atoms with Gasteiger partial charge in [-0.1, -0.05) is 17.7 Å². The van der Waals surface area contributed by atoms with Crippen molar-refractivity contribution in [3.63, 3.8) is 0 Å². The van der Waals surface area contributed by atoms with Crippen LogP contribution in [0.25, 0.3) is 0 Å². The summed E-state index contributed by atoms with van der Waals surface area (Å²) in [4.78, 5) is 2.49. The zero-order chi connectivity index (χ0) is 13.0. The second-order valence-corrected chi connectivity index (χ2v) is 6.90. The van der Waals surface area contributed by atoms with E-state index in [4.69, 9.17) is 16.7 Å². The fraction of sp³-hybridized carbons (Fsp3) is 0.385. The Morgan fingerprint density at radius 1 is 1.33 bits per heavy atom. The minimum atomic E-state index is 0.170. The van der Waals surface area contributed by atoms with Crippen LogP contribution in [0, 0.1) is 0 Å². The molecule has 2 nitrogen and oxygen atoms in total. The van der Waals surface area contributed by atoms with Gasteiger partial charge in [0.15, 0.2) is 0 Å². The number of halogens is 1. The van der Waals surface area contributed by atoms with Crippen LogP contribution in [-0.4, -0.2) is 17.8 Å². The third-order valence-electron chi connectivity index (χ3n) is 2.72. The highest BCUT2D eigenvalue weighted by molar-refractivity contribution is 7.16. The molecule has 5 heteroatoms. The van der Waals surface area contributed by atoms with Crippen molar-refractivity contribution in [2.45, 2.75) is 25.4 Å². The fourth-order valence-electron chi connectivity index (χ4n) is 1.80. The Labute approximate surface area is 120 Å². The van der Waals surface area contributed by atoms with E-state index in [0.717, 1.165) is 10.8 Å². The Morgan fingerprint density at radius 3 is 2.72 bits per heavy atom. The van der Waals surface area contributed by atoms with Crippen LogP contribution in [0.2, 0.25) is 4.34 Å². The number of hydrogen-bond donors (Lipinski definition) is 2. The van der Waals surface area contributed by atoms with Crippen molar-refractivity contribution in [1.29, 1.82) is 0 Å². The zero-order valence-corrected chi connectivity index (χ0v) is 12.5. The Balaban J connectivity index is 2.18. The molecule has 0 bridgehead atoms. The quantitative estimate of drug-likeness (QED) is 0.848. The molecule has 18 heavy (non-hydrogen) atoms. The summed E-state index contributed by atoms with van der Waals surface area (Å²) in [6.45, 7) is 2.29. The van der Waals surface area contributed by atoms with Gasteiger partial charge in [-0.3, -0.25) is 0 Å². The Morgan fingerprint density at radius 2 is 2.17 bits per heavy atom. The topological polar surface area (TPSA) is 32.3 Å². The fourth-order valence-corrected chi connectivity index (χ4v) is 3.82. The van der Waals surface area contributed by atoms with Crippen molar-refractivity contribution in [1.82, 2.24) is 5.32 Å². The molecule has 0 amide bonds. The molecule has 0 fully saturated rings. The van der Waals surface area contributed by atoms with Gasteiger partial charge in [0.1, 0.15) is 0 Å². The van der Waals surface area contributed by atoms with E-state index < -0.39 is 0 Å². The SMILES string of the molecule is CC(CCO)NC(c1cccs1)c1ccc(Cl)s1. The number of hydrogen-bond acceptors (Lipinski definition) is 4. The molecule has 2 unspecified atom stereocenters. The molecule has 0 aliphatic heterocycles. The maximum atomic E-state index is 9.00. The molecule has 2 aromatic rings. The van der Waals surface area contributed by atoms with Crippen LogP contribution in [0.4, 0.5) is 0 Å². The van der Waals surface area contributed by atoms with Crippen molar-refractivity contribution in [2.24, 2.45) is 0 Å². The maximum Gasteiger partial charge on any atom is 0.0931 e. The van der Waals surface area contributed by atoms with E-state index in [1.807, 2.05) is 6.07 Å². The minimum absolute atomic E-state index is 0.170. The lowest BCUT2D eigenvalue weighted by Crippen LogP contribution is -2.31. The molecular weight excluding hydrogens is 286 g/mol. The molecule has 98 valence electrons. The minimum Gasteiger partial charge on any atom is -0.396 e. The molecule has 0 aliphatic rings. The molecule has 0 aliphatic carbocycles. The lowest BCUT2D eigenvalue weighted by atomic mass is 10.1. The first-order chi connectivity index (χ1) is 8.70. The Bertz CT molecular complexity index is 469. The summed E-state index contributed by atoms with van der Waals surface area (Å²) < 4.78 is 0.808. The Kier molecular flexibility index (Phi) is 5.21. The van der Waals surface area contributed by atoms with Gasteiger partial charge in [0.25, 0.3) is 0 Å². The molecule has 2 atom stereocenters. The van der Waals surface area contributed by atoms with Crippen molar-refractivity contribution in [3.8, 4) is 0 Å². The molecule has 0 radical (unpaired) electrons. The predicted molar refractivity (Wildman–Crippen MR) is 79.8 cm³/mol. The van der Waals surface area contributed by atoms with E-state index >= 15 is 0 Å². The number of nitrogens with one attached hydrogen (secondary N) is 1. The van der Waals surface area contributed by atoms with Crippen LogP contribution in [0.5, 0.6) is 0 Å². The predicted octanol–water partition coefficient (Wildman–Crippen LogP) is 3.91. The summed E-state index contributed by atoms with van der Waals surface area (Å²) in [5.41, 5.74) is 0. The van der Waals surface area contributed by atoms with Gasteiger partial charge < -0.3 is 10.4 Å². The maximum absolute atomic E-state index is 9.00. The molecule has 0 aromatic carbocycles. The molecule has 0 spiro atoms. The summed E-state index contributed by atoms with van der Waals surface area (Å²) >= 11 is 9.35.